The molecule has 0 amide bonds. The fourth-order valence-electron chi connectivity index (χ4n) is 10.7. The van der Waals surface area contributed by atoms with Crippen LogP contribution in [0.25, 0.3) is 55.0 Å². The first kappa shape index (κ1) is 50.7. The zero-order chi connectivity index (χ0) is 55.2. The molecule has 8 aromatic carbocycles. The molecular weight excluding hydrogens is 1000 g/mol. The highest BCUT2D eigenvalue weighted by Crippen LogP contribution is 2.39. The highest BCUT2D eigenvalue weighted by atomic mass is 16.5. The Hall–Kier alpha value is -10.1. The number of hydrogen-bond donors (Lipinski definition) is 0. The molecule has 0 spiro atoms. The zero-order valence-corrected chi connectivity index (χ0v) is 44.3. The van der Waals surface area contributed by atoms with Crippen LogP contribution in [0, 0.1) is 0 Å². The summed E-state index contributed by atoms with van der Waals surface area (Å²) in [4.78, 5) is 67.9. The lowest BCUT2D eigenvalue weighted by atomic mass is 9.85. The Morgan fingerprint density at radius 3 is 1.09 bits per heavy atom. The van der Waals surface area contributed by atoms with Gasteiger partial charge in [-0.2, -0.15) is 0 Å². The van der Waals surface area contributed by atoms with Crippen molar-refractivity contribution in [3.05, 3.63) is 263 Å². The van der Waals surface area contributed by atoms with Crippen molar-refractivity contribution in [2.24, 2.45) is 0 Å². The smallest absolute Gasteiger partial charge is 0.193 e. The Morgan fingerprint density at radius 1 is 0.400 bits per heavy atom. The number of ketones is 5. The summed E-state index contributed by atoms with van der Waals surface area (Å²) in [5, 5.41) is 3.39. The van der Waals surface area contributed by atoms with E-state index in [2.05, 4.69) is 21.3 Å². The van der Waals surface area contributed by atoms with Gasteiger partial charge in [0.2, 0.25) is 0 Å². The number of aromatic nitrogens is 2. The van der Waals surface area contributed by atoms with E-state index >= 15 is 0 Å². The minimum atomic E-state index is -0.538. The van der Waals surface area contributed by atoms with Crippen molar-refractivity contribution in [3.63, 3.8) is 0 Å². The summed E-state index contributed by atoms with van der Waals surface area (Å²) >= 11 is 0. The van der Waals surface area contributed by atoms with Gasteiger partial charge in [-0.05, 0) is 207 Å². The summed E-state index contributed by atoms with van der Waals surface area (Å²) in [6.07, 6.45) is 3.19. The average molecular weight is 1050 g/mol. The number of nitrogens with zero attached hydrogens (tertiary/aromatic N) is 2. The van der Waals surface area contributed by atoms with Crippen molar-refractivity contribution in [1.82, 2.24) is 9.13 Å². The Kier molecular flexibility index (Phi) is 13.3. The third kappa shape index (κ3) is 9.59. The largest absolute Gasteiger partial charge is 0.486 e. The fourth-order valence-corrected chi connectivity index (χ4v) is 10.7. The van der Waals surface area contributed by atoms with Crippen LogP contribution in [0.15, 0.2) is 215 Å². The first-order valence-electron chi connectivity index (χ1n) is 26.4. The molecule has 4 heterocycles. The van der Waals surface area contributed by atoms with Gasteiger partial charge in [0.25, 0.3) is 0 Å². The van der Waals surface area contributed by atoms with Gasteiger partial charge in [0, 0.05) is 78.1 Å². The van der Waals surface area contributed by atoms with Crippen molar-refractivity contribution in [1.29, 1.82) is 0 Å². The first-order chi connectivity index (χ1) is 38.9. The van der Waals surface area contributed by atoms with Gasteiger partial charge in [0.15, 0.2) is 23.1 Å². The highest BCUT2D eigenvalue weighted by Gasteiger charge is 2.26. The number of hydrogen-bond acceptors (Lipinski definition) is 9. The Balaban J connectivity index is 0.879. The standard InChI is InChI=1S/C69H52N2O9/c1-41(49-17-29-63-59(35-49)61-37-51(19-31-65(61)70(63)53-21-9-45(10-22-53)43(3)72)68(75)47-13-25-55(26-14-47)79-39-57-7-5-33-77-57)67(74)42(2)50-18-30-64-60(36-50)62-38-52(20-32-66(62)71(64)54-23-11-46(12-24-54)44(4)73)69(76)48-15-27-56(28-16-48)80-40-58-8-6-34-78-58/h5-38,41-42H,39-40H2,1-4H3. The highest BCUT2D eigenvalue weighted by molar-refractivity contribution is 6.17. The molecule has 0 aliphatic rings. The van der Waals surface area contributed by atoms with E-state index in [4.69, 9.17) is 18.3 Å². The number of rotatable bonds is 18. The molecule has 11 nitrogen and oxygen atoms in total. The molecule has 0 bridgehead atoms. The van der Waals surface area contributed by atoms with Crippen LogP contribution in [-0.4, -0.2) is 38.1 Å². The molecule has 12 rings (SSSR count). The molecule has 392 valence electrons. The van der Waals surface area contributed by atoms with Gasteiger partial charge in [0.1, 0.15) is 42.0 Å². The average Bonchev–Trinajstić information content (AvgIpc) is 4.51. The molecule has 0 saturated heterocycles. The van der Waals surface area contributed by atoms with Gasteiger partial charge in [-0.3, -0.25) is 24.0 Å². The SMILES string of the molecule is CC(=O)c1ccc(-n2c3ccc(C(=O)c4ccc(OCc5ccco5)cc4)cc3c3cc(C(C)C(=O)C(C)c4ccc5c(c4)c4cc(C(=O)c6ccc(OCc7ccco7)cc6)ccc4n5-c4ccc(C(C)=O)cc4)ccc32)cc1. The number of fused-ring (bicyclic) bond motifs is 6. The van der Waals surface area contributed by atoms with E-state index in [0.29, 0.717) is 56.4 Å². The lowest BCUT2D eigenvalue weighted by Gasteiger charge is -2.18. The maximum atomic E-state index is 14.9. The zero-order valence-electron chi connectivity index (χ0n) is 44.3. The summed E-state index contributed by atoms with van der Waals surface area (Å²) in [6, 6.07) is 59.8. The second kappa shape index (κ2) is 21.0. The summed E-state index contributed by atoms with van der Waals surface area (Å²) < 4.78 is 26.8. The van der Waals surface area contributed by atoms with E-state index in [9.17, 15) is 24.0 Å². The fraction of sp³-hybridized carbons (Fsp3) is 0.116. The normalized spacial score (nSPS) is 12.2. The minimum Gasteiger partial charge on any atom is -0.486 e. The maximum Gasteiger partial charge on any atom is 0.193 e. The van der Waals surface area contributed by atoms with Crippen molar-refractivity contribution in [2.75, 3.05) is 0 Å². The molecule has 12 aromatic rings. The lowest BCUT2D eigenvalue weighted by molar-refractivity contribution is -0.121. The van der Waals surface area contributed by atoms with E-state index in [0.717, 1.165) is 66.1 Å². The van der Waals surface area contributed by atoms with Crippen molar-refractivity contribution in [2.45, 2.75) is 52.7 Å². The third-order valence-electron chi connectivity index (χ3n) is 15.2. The van der Waals surface area contributed by atoms with Crippen LogP contribution in [0.1, 0.15) is 115 Å². The number of carbonyl (C=O) groups excluding carboxylic acids is 5. The van der Waals surface area contributed by atoms with E-state index < -0.39 is 11.8 Å². The molecule has 0 radical (unpaired) electrons. The lowest BCUT2D eigenvalue weighted by Crippen LogP contribution is -2.16. The molecule has 0 N–H and O–H groups in total. The Morgan fingerprint density at radius 2 is 0.738 bits per heavy atom. The first-order valence-corrected chi connectivity index (χ1v) is 26.4. The molecule has 0 saturated carbocycles. The summed E-state index contributed by atoms with van der Waals surface area (Å²) in [6.45, 7) is 7.48. The molecule has 0 aliphatic carbocycles. The molecule has 2 atom stereocenters. The predicted octanol–water partition coefficient (Wildman–Crippen LogP) is 15.6. The summed E-state index contributed by atoms with van der Waals surface area (Å²) in [7, 11) is 0. The van der Waals surface area contributed by atoms with E-state index in [1.165, 1.54) is 0 Å². The monoisotopic (exact) mass is 1050 g/mol. The van der Waals surface area contributed by atoms with Crippen LogP contribution < -0.4 is 9.47 Å². The molecule has 0 fully saturated rings. The quantitative estimate of drug-likeness (QED) is 0.0768. The number of Topliss-reactive ketones (excluding diaryl/α,β-unsaturated/α-hetero) is 3. The van der Waals surface area contributed by atoms with Gasteiger partial charge in [-0.1, -0.05) is 26.0 Å². The van der Waals surface area contributed by atoms with Gasteiger partial charge >= 0.3 is 0 Å². The van der Waals surface area contributed by atoms with Gasteiger partial charge in [0.05, 0.1) is 34.6 Å². The molecule has 0 aliphatic heterocycles. The topological polar surface area (TPSA) is 140 Å². The molecule has 11 heteroatoms. The van der Waals surface area contributed by atoms with Crippen LogP contribution in [0.3, 0.4) is 0 Å². The second-order valence-electron chi connectivity index (χ2n) is 20.2. The molecule has 2 unspecified atom stereocenters. The van der Waals surface area contributed by atoms with Gasteiger partial charge < -0.3 is 27.4 Å². The number of benzene rings is 8. The predicted molar refractivity (Wildman–Crippen MR) is 309 cm³/mol. The Bertz CT molecular complexity index is 4070. The third-order valence-corrected chi connectivity index (χ3v) is 15.2. The van der Waals surface area contributed by atoms with Gasteiger partial charge in [-0.25, -0.2) is 0 Å². The van der Waals surface area contributed by atoms with Crippen LogP contribution in [0.2, 0.25) is 0 Å². The van der Waals surface area contributed by atoms with E-state index in [1.54, 1.807) is 87.0 Å². The minimum absolute atomic E-state index is 0.00993. The van der Waals surface area contributed by atoms with Crippen molar-refractivity contribution < 1.29 is 42.3 Å². The van der Waals surface area contributed by atoms with Crippen LogP contribution >= 0.6 is 0 Å². The van der Waals surface area contributed by atoms with Crippen LogP contribution in [-0.2, 0) is 18.0 Å². The number of ether oxygens (including phenoxy) is 2. The number of furan rings is 2. The molecule has 80 heavy (non-hydrogen) atoms. The van der Waals surface area contributed by atoms with E-state index in [1.807, 2.05) is 135 Å². The van der Waals surface area contributed by atoms with Crippen LogP contribution in [0.5, 0.6) is 11.5 Å². The van der Waals surface area contributed by atoms with Crippen LogP contribution in [0.4, 0.5) is 0 Å². The van der Waals surface area contributed by atoms with E-state index in [-0.39, 0.29) is 42.1 Å². The summed E-state index contributed by atoms with van der Waals surface area (Å²) in [5.41, 5.74) is 9.96. The molecular formula is C69H52N2O9. The van der Waals surface area contributed by atoms with Gasteiger partial charge in [-0.15, -0.1) is 0 Å². The second-order valence-corrected chi connectivity index (χ2v) is 20.2. The summed E-state index contributed by atoms with van der Waals surface area (Å²) in [5.74, 6) is 1.15. The number of carbonyl (C=O) groups is 5. The Labute approximate surface area is 460 Å². The van der Waals surface area contributed by atoms with Crippen molar-refractivity contribution >= 4 is 72.5 Å². The maximum absolute atomic E-state index is 14.9. The molecule has 4 aromatic heterocycles. The van der Waals surface area contributed by atoms with Crippen molar-refractivity contribution in [3.8, 4) is 22.9 Å².